The number of rotatable bonds is 4. The van der Waals surface area contributed by atoms with Crippen LogP contribution in [0.4, 0.5) is 5.69 Å². The van der Waals surface area contributed by atoms with E-state index in [4.69, 9.17) is 0 Å². The molecule has 0 radical (unpaired) electrons. The van der Waals surface area contributed by atoms with Crippen molar-refractivity contribution in [2.75, 3.05) is 11.8 Å². The molecule has 0 saturated carbocycles. The first kappa shape index (κ1) is 13.6. The molecule has 0 aliphatic heterocycles. The van der Waals surface area contributed by atoms with Gasteiger partial charge in [0.15, 0.2) is 5.03 Å². The molecule has 2 aromatic heterocycles. The van der Waals surface area contributed by atoms with Crippen LogP contribution in [0.2, 0.25) is 0 Å². The van der Waals surface area contributed by atoms with Gasteiger partial charge in [0.2, 0.25) is 0 Å². The number of aryl methyl sites for hydroxylation is 1. The van der Waals surface area contributed by atoms with Crippen LogP contribution in [0, 0.1) is 0 Å². The van der Waals surface area contributed by atoms with Crippen LogP contribution >= 0.6 is 11.3 Å². The Morgan fingerprint density at radius 2 is 2.21 bits per heavy atom. The van der Waals surface area contributed by atoms with Crippen molar-refractivity contribution >= 4 is 33.0 Å². The maximum absolute atomic E-state index is 12.1. The average Bonchev–Trinajstić information content (AvgIpc) is 2.96. The van der Waals surface area contributed by atoms with Crippen LogP contribution in [-0.2, 0) is 21.8 Å². The predicted molar refractivity (Wildman–Crippen MR) is 69.7 cm³/mol. The van der Waals surface area contributed by atoms with Gasteiger partial charge in [-0.15, -0.1) is 11.3 Å². The van der Waals surface area contributed by atoms with Gasteiger partial charge in [-0.3, -0.25) is 9.40 Å². The molecule has 0 aromatic carbocycles. The number of ether oxygens (including phenoxy) is 1. The highest BCUT2D eigenvalue weighted by molar-refractivity contribution is 7.92. The zero-order valence-electron chi connectivity index (χ0n) is 10.2. The Bertz CT molecular complexity index is 702. The molecule has 0 atom stereocenters. The second kappa shape index (κ2) is 5.02. The molecule has 0 spiro atoms. The Morgan fingerprint density at radius 1 is 1.47 bits per heavy atom. The molecule has 0 aliphatic carbocycles. The minimum atomic E-state index is -3.79. The standard InChI is InChI=1S/C10H11N3O4S2/c1-13-8(3-5-11-13)19(15,16)12-7-4-6-18-9(7)10(14)17-2/h3-6,12H,1-2H3. The smallest absolute Gasteiger partial charge is 0.350 e. The van der Waals surface area contributed by atoms with Gasteiger partial charge in [-0.1, -0.05) is 0 Å². The van der Waals surface area contributed by atoms with Crippen LogP contribution in [0.25, 0.3) is 0 Å². The number of aromatic nitrogens is 2. The summed E-state index contributed by atoms with van der Waals surface area (Å²) in [6.45, 7) is 0. The van der Waals surface area contributed by atoms with Crippen molar-refractivity contribution in [3.8, 4) is 0 Å². The molecular formula is C10H11N3O4S2. The topological polar surface area (TPSA) is 90.3 Å². The largest absolute Gasteiger partial charge is 0.465 e. The van der Waals surface area contributed by atoms with E-state index in [-0.39, 0.29) is 15.6 Å². The predicted octanol–water partition coefficient (Wildman–Crippen LogP) is 1.07. The number of nitrogens with one attached hydrogen (secondary N) is 1. The molecule has 0 bridgehead atoms. The van der Waals surface area contributed by atoms with Crippen LogP contribution in [-0.4, -0.2) is 31.3 Å². The summed E-state index contributed by atoms with van der Waals surface area (Å²) >= 11 is 1.10. The average molecular weight is 301 g/mol. The number of nitrogens with zero attached hydrogens (tertiary/aromatic N) is 2. The highest BCUT2D eigenvalue weighted by atomic mass is 32.2. The van der Waals surface area contributed by atoms with Gasteiger partial charge in [0.1, 0.15) is 4.88 Å². The first-order valence-corrected chi connectivity index (χ1v) is 7.48. The summed E-state index contributed by atoms with van der Waals surface area (Å²) < 4.78 is 32.4. The Labute approximate surface area is 113 Å². The lowest BCUT2D eigenvalue weighted by Gasteiger charge is -2.08. The van der Waals surface area contributed by atoms with Crippen molar-refractivity contribution in [3.63, 3.8) is 0 Å². The fourth-order valence-corrected chi connectivity index (χ4v) is 3.49. The summed E-state index contributed by atoms with van der Waals surface area (Å²) in [5.41, 5.74) is 0.193. The van der Waals surface area contributed by atoms with Crippen LogP contribution in [0.3, 0.4) is 0 Å². The molecule has 0 saturated heterocycles. The van der Waals surface area contributed by atoms with Crippen LogP contribution in [0.15, 0.2) is 28.7 Å². The van der Waals surface area contributed by atoms with Crippen LogP contribution in [0.5, 0.6) is 0 Å². The van der Waals surface area contributed by atoms with E-state index in [1.807, 2.05) is 0 Å². The second-order valence-corrected chi connectivity index (χ2v) is 6.10. The third kappa shape index (κ3) is 2.61. The lowest BCUT2D eigenvalue weighted by molar-refractivity contribution is 0.0607. The lowest BCUT2D eigenvalue weighted by atomic mass is 10.4. The minimum Gasteiger partial charge on any atom is -0.465 e. The number of carbonyl (C=O) groups is 1. The van der Waals surface area contributed by atoms with E-state index >= 15 is 0 Å². The van der Waals surface area contributed by atoms with Crippen LogP contribution < -0.4 is 4.72 Å². The summed E-state index contributed by atoms with van der Waals surface area (Å²) in [5.74, 6) is -0.585. The number of methoxy groups -OCH3 is 1. The maximum Gasteiger partial charge on any atom is 0.350 e. The normalized spacial score (nSPS) is 11.3. The third-order valence-corrected chi connectivity index (χ3v) is 4.67. The Hall–Kier alpha value is -1.87. The van der Waals surface area contributed by atoms with Crippen molar-refractivity contribution in [2.45, 2.75) is 5.03 Å². The minimum absolute atomic E-state index is 0.00881. The van der Waals surface area contributed by atoms with Gasteiger partial charge in [0.25, 0.3) is 10.0 Å². The molecule has 2 heterocycles. The van der Waals surface area contributed by atoms with E-state index in [0.717, 1.165) is 11.3 Å². The SMILES string of the molecule is COC(=O)c1sccc1NS(=O)(=O)c1ccnn1C. The van der Waals surface area contributed by atoms with Crippen molar-refractivity contribution < 1.29 is 17.9 Å². The van der Waals surface area contributed by atoms with Crippen molar-refractivity contribution in [1.29, 1.82) is 0 Å². The number of carbonyl (C=O) groups excluding carboxylic acids is 1. The first-order valence-electron chi connectivity index (χ1n) is 5.12. The molecular weight excluding hydrogens is 290 g/mol. The Kier molecular flexibility index (Phi) is 3.58. The molecule has 2 rings (SSSR count). The summed E-state index contributed by atoms with van der Waals surface area (Å²) in [5, 5.41) is 5.41. The monoisotopic (exact) mass is 301 g/mol. The lowest BCUT2D eigenvalue weighted by Crippen LogP contribution is -2.17. The number of esters is 1. The molecule has 0 fully saturated rings. The van der Waals surface area contributed by atoms with E-state index in [1.165, 1.54) is 37.2 Å². The summed E-state index contributed by atoms with van der Waals surface area (Å²) in [6.07, 6.45) is 1.38. The fourth-order valence-electron chi connectivity index (χ4n) is 1.46. The first-order chi connectivity index (χ1) is 8.95. The molecule has 19 heavy (non-hydrogen) atoms. The number of hydrogen-bond acceptors (Lipinski definition) is 6. The van der Waals surface area contributed by atoms with E-state index in [9.17, 15) is 13.2 Å². The van der Waals surface area contributed by atoms with Crippen molar-refractivity contribution in [3.05, 3.63) is 28.6 Å². The molecule has 0 aliphatic rings. The molecule has 0 unspecified atom stereocenters. The third-order valence-electron chi connectivity index (χ3n) is 2.33. The number of hydrogen-bond donors (Lipinski definition) is 1. The van der Waals surface area contributed by atoms with Gasteiger partial charge in [-0.2, -0.15) is 13.5 Å². The molecule has 7 nitrogen and oxygen atoms in total. The zero-order valence-corrected chi connectivity index (χ0v) is 11.8. The van der Waals surface area contributed by atoms with E-state index in [0.29, 0.717) is 0 Å². The number of sulfonamides is 1. The van der Waals surface area contributed by atoms with Gasteiger partial charge >= 0.3 is 5.97 Å². The molecule has 0 amide bonds. The van der Waals surface area contributed by atoms with Gasteiger partial charge in [-0.25, -0.2) is 4.79 Å². The number of anilines is 1. The second-order valence-electron chi connectivity index (χ2n) is 3.55. The van der Waals surface area contributed by atoms with Gasteiger partial charge < -0.3 is 4.74 Å². The van der Waals surface area contributed by atoms with E-state index < -0.39 is 16.0 Å². The molecule has 2 aromatic rings. The summed E-state index contributed by atoms with van der Waals surface area (Å²) in [4.78, 5) is 11.7. The summed E-state index contributed by atoms with van der Waals surface area (Å²) in [6, 6.07) is 2.87. The molecule has 9 heteroatoms. The van der Waals surface area contributed by atoms with Gasteiger partial charge in [0.05, 0.1) is 19.0 Å². The fraction of sp³-hybridized carbons (Fsp3) is 0.200. The van der Waals surface area contributed by atoms with Crippen LogP contribution in [0.1, 0.15) is 9.67 Å². The number of thiophene rings is 1. The molecule has 1 N–H and O–H groups in total. The zero-order chi connectivity index (χ0) is 14.0. The highest BCUT2D eigenvalue weighted by Crippen LogP contribution is 2.25. The highest BCUT2D eigenvalue weighted by Gasteiger charge is 2.22. The Morgan fingerprint density at radius 3 is 2.79 bits per heavy atom. The molecule has 102 valence electrons. The van der Waals surface area contributed by atoms with Gasteiger partial charge in [-0.05, 0) is 17.5 Å². The maximum atomic E-state index is 12.1. The Balaban J connectivity index is 2.35. The van der Waals surface area contributed by atoms with E-state index in [1.54, 1.807) is 5.38 Å². The quantitative estimate of drug-likeness (QED) is 0.853. The van der Waals surface area contributed by atoms with Gasteiger partial charge in [0, 0.05) is 7.05 Å². The van der Waals surface area contributed by atoms with Crippen molar-refractivity contribution in [2.24, 2.45) is 7.05 Å². The van der Waals surface area contributed by atoms with Crippen molar-refractivity contribution in [1.82, 2.24) is 9.78 Å². The van der Waals surface area contributed by atoms with E-state index in [2.05, 4.69) is 14.6 Å². The summed E-state index contributed by atoms with van der Waals surface area (Å²) in [7, 11) is -1.03.